The highest BCUT2D eigenvalue weighted by molar-refractivity contribution is 9.10. The Bertz CT molecular complexity index is 504. The van der Waals surface area contributed by atoms with E-state index in [1.807, 2.05) is 37.4 Å². The van der Waals surface area contributed by atoms with Gasteiger partial charge in [0, 0.05) is 27.2 Å². The molecular formula is C13H14BrNOS. The van der Waals surface area contributed by atoms with Crippen molar-refractivity contribution in [1.82, 2.24) is 4.98 Å². The number of rotatable bonds is 3. The van der Waals surface area contributed by atoms with Crippen molar-refractivity contribution in [2.24, 2.45) is 0 Å². The minimum atomic E-state index is -0.467. The quantitative estimate of drug-likeness (QED) is 0.935. The molecule has 2 aromatic rings. The van der Waals surface area contributed by atoms with E-state index >= 15 is 0 Å². The normalized spacial score (nSPS) is 12.7. The van der Waals surface area contributed by atoms with Gasteiger partial charge in [-0.25, -0.2) is 0 Å². The van der Waals surface area contributed by atoms with Gasteiger partial charge in [-0.1, -0.05) is 0 Å². The largest absolute Gasteiger partial charge is 0.388 e. The van der Waals surface area contributed by atoms with Crippen molar-refractivity contribution in [2.75, 3.05) is 0 Å². The van der Waals surface area contributed by atoms with Crippen LogP contribution in [0.3, 0.4) is 0 Å². The number of aliphatic hydroxyl groups is 1. The Labute approximate surface area is 113 Å². The topological polar surface area (TPSA) is 33.1 Å². The third-order valence-corrected chi connectivity index (χ3v) is 4.51. The van der Waals surface area contributed by atoms with Crippen LogP contribution in [0, 0.1) is 13.8 Å². The van der Waals surface area contributed by atoms with Gasteiger partial charge in [-0.05, 0) is 58.9 Å². The molecule has 4 heteroatoms. The molecule has 0 saturated carbocycles. The minimum Gasteiger partial charge on any atom is -0.388 e. The first-order chi connectivity index (χ1) is 8.06. The van der Waals surface area contributed by atoms with E-state index in [1.54, 1.807) is 11.3 Å². The molecule has 0 amide bonds. The Kier molecular flexibility index (Phi) is 3.97. The summed E-state index contributed by atoms with van der Waals surface area (Å²) in [4.78, 5) is 5.48. The van der Waals surface area contributed by atoms with Crippen LogP contribution in [-0.4, -0.2) is 10.1 Å². The van der Waals surface area contributed by atoms with Crippen LogP contribution >= 0.6 is 27.3 Å². The molecule has 0 radical (unpaired) electrons. The number of aliphatic hydroxyl groups excluding tert-OH is 1. The summed E-state index contributed by atoms with van der Waals surface area (Å²) in [6.45, 7) is 3.90. The van der Waals surface area contributed by atoms with Crippen LogP contribution in [0.15, 0.2) is 28.1 Å². The molecule has 17 heavy (non-hydrogen) atoms. The third kappa shape index (κ3) is 3.15. The molecule has 0 aliphatic carbocycles. The average Bonchev–Trinajstić information content (AvgIpc) is 2.63. The van der Waals surface area contributed by atoms with Crippen molar-refractivity contribution in [3.05, 3.63) is 49.9 Å². The molecule has 2 rings (SSSR count). The molecule has 2 nitrogen and oxygen atoms in total. The maximum absolute atomic E-state index is 10.2. The van der Waals surface area contributed by atoms with Gasteiger partial charge in [0.15, 0.2) is 0 Å². The van der Waals surface area contributed by atoms with Gasteiger partial charge in [0.05, 0.1) is 6.10 Å². The number of hydrogen-bond acceptors (Lipinski definition) is 3. The second-order valence-corrected chi connectivity index (χ2v) is 5.95. The molecule has 2 heterocycles. The molecule has 90 valence electrons. The standard InChI is InChI=1S/C13H14BrNOS/c1-8-5-10(6-9(2)15-8)12(16)7-13-11(14)3-4-17-13/h3-6,12,16H,7H2,1-2H3. The van der Waals surface area contributed by atoms with Crippen LogP contribution < -0.4 is 0 Å². The van der Waals surface area contributed by atoms with Gasteiger partial charge >= 0.3 is 0 Å². The first kappa shape index (κ1) is 12.7. The number of halogens is 1. The summed E-state index contributed by atoms with van der Waals surface area (Å²) in [6, 6.07) is 5.90. The highest BCUT2D eigenvalue weighted by Gasteiger charge is 2.12. The number of pyridine rings is 1. The Morgan fingerprint density at radius 1 is 1.35 bits per heavy atom. The number of aromatic nitrogens is 1. The van der Waals surface area contributed by atoms with Gasteiger partial charge in [-0.3, -0.25) is 4.98 Å². The summed E-state index contributed by atoms with van der Waals surface area (Å²) in [5.74, 6) is 0. The highest BCUT2D eigenvalue weighted by atomic mass is 79.9. The Balaban J connectivity index is 2.20. The molecule has 0 fully saturated rings. The Morgan fingerprint density at radius 3 is 2.53 bits per heavy atom. The van der Waals surface area contributed by atoms with E-state index in [-0.39, 0.29) is 0 Å². The van der Waals surface area contributed by atoms with Crippen LogP contribution in [-0.2, 0) is 6.42 Å². The van der Waals surface area contributed by atoms with E-state index < -0.39 is 6.10 Å². The zero-order chi connectivity index (χ0) is 12.4. The summed E-state index contributed by atoms with van der Waals surface area (Å²) in [5, 5.41) is 12.2. The van der Waals surface area contributed by atoms with Gasteiger partial charge in [-0.15, -0.1) is 11.3 Å². The van der Waals surface area contributed by atoms with E-state index in [4.69, 9.17) is 0 Å². The van der Waals surface area contributed by atoms with Crippen LogP contribution in [0.4, 0.5) is 0 Å². The van der Waals surface area contributed by atoms with E-state index in [0.717, 1.165) is 21.4 Å². The summed E-state index contributed by atoms with van der Waals surface area (Å²) >= 11 is 5.14. The Morgan fingerprint density at radius 2 is 2.00 bits per heavy atom. The van der Waals surface area contributed by atoms with Crippen LogP contribution in [0.2, 0.25) is 0 Å². The van der Waals surface area contributed by atoms with Gasteiger partial charge < -0.3 is 5.11 Å². The molecule has 0 saturated heterocycles. The van der Waals surface area contributed by atoms with E-state index in [2.05, 4.69) is 20.9 Å². The van der Waals surface area contributed by atoms with Crippen LogP contribution in [0.5, 0.6) is 0 Å². The molecule has 0 spiro atoms. The molecule has 0 aliphatic rings. The molecule has 0 aromatic carbocycles. The highest BCUT2D eigenvalue weighted by Crippen LogP contribution is 2.28. The van der Waals surface area contributed by atoms with Gasteiger partial charge in [0.25, 0.3) is 0 Å². The zero-order valence-corrected chi connectivity index (χ0v) is 12.2. The Hall–Kier alpha value is -0.710. The monoisotopic (exact) mass is 311 g/mol. The van der Waals surface area contributed by atoms with Crippen molar-refractivity contribution in [1.29, 1.82) is 0 Å². The predicted octanol–water partition coefficient (Wildman–Crippen LogP) is 3.80. The predicted molar refractivity (Wildman–Crippen MR) is 74.4 cm³/mol. The van der Waals surface area contributed by atoms with Gasteiger partial charge in [0.2, 0.25) is 0 Å². The van der Waals surface area contributed by atoms with Crippen LogP contribution in [0.1, 0.15) is 27.9 Å². The van der Waals surface area contributed by atoms with Crippen molar-refractivity contribution in [3.8, 4) is 0 Å². The first-order valence-electron chi connectivity index (χ1n) is 5.41. The molecule has 0 aliphatic heterocycles. The summed E-state index contributed by atoms with van der Waals surface area (Å²) < 4.78 is 1.07. The number of hydrogen-bond donors (Lipinski definition) is 1. The minimum absolute atomic E-state index is 0.467. The molecule has 1 unspecified atom stereocenters. The maximum Gasteiger partial charge on any atom is 0.0839 e. The number of thiophene rings is 1. The van der Waals surface area contributed by atoms with E-state index in [9.17, 15) is 5.11 Å². The fourth-order valence-corrected chi connectivity index (χ4v) is 3.38. The summed E-state index contributed by atoms with van der Waals surface area (Å²) in [6.07, 6.45) is 0.173. The second-order valence-electron chi connectivity index (χ2n) is 4.09. The number of aryl methyl sites for hydroxylation is 2. The van der Waals surface area contributed by atoms with Crippen molar-refractivity contribution < 1.29 is 5.11 Å². The molecule has 2 aromatic heterocycles. The van der Waals surface area contributed by atoms with E-state index in [0.29, 0.717) is 6.42 Å². The van der Waals surface area contributed by atoms with E-state index in [1.165, 1.54) is 4.88 Å². The van der Waals surface area contributed by atoms with Crippen molar-refractivity contribution in [3.63, 3.8) is 0 Å². The van der Waals surface area contributed by atoms with Gasteiger partial charge in [-0.2, -0.15) is 0 Å². The lowest BCUT2D eigenvalue weighted by molar-refractivity contribution is 0.179. The number of nitrogens with zero attached hydrogens (tertiary/aromatic N) is 1. The van der Waals surface area contributed by atoms with Crippen LogP contribution in [0.25, 0.3) is 0 Å². The average molecular weight is 312 g/mol. The first-order valence-corrected chi connectivity index (χ1v) is 7.08. The zero-order valence-electron chi connectivity index (χ0n) is 9.77. The smallest absolute Gasteiger partial charge is 0.0839 e. The van der Waals surface area contributed by atoms with Crippen molar-refractivity contribution >= 4 is 27.3 Å². The maximum atomic E-state index is 10.2. The fourth-order valence-electron chi connectivity index (χ4n) is 1.82. The third-order valence-electron chi connectivity index (χ3n) is 2.56. The fraction of sp³-hybridized carbons (Fsp3) is 0.308. The lowest BCUT2D eigenvalue weighted by atomic mass is 10.1. The lowest BCUT2D eigenvalue weighted by Gasteiger charge is -2.11. The van der Waals surface area contributed by atoms with Gasteiger partial charge in [0.1, 0.15) is 0 Å². The van der Waals surface area contributed by atoms with Crippen molar-refractivity contribution in [2.45, 2.75) is 26.4 Å². The second kappa shape index (κ2) is 5.29. The lowest BCUT2D eigenvalue weighted by Crippen LogP contribution is -2.03. The summed E-state index contributed by atoms with van der Waals surface area (Å²) in [7, 11) is 0. The summed E-state index contributed by atoms with van der Waals surface area (Å²) in [5.41, 5.74) is 2.84. The molecule has 1 N–H and O–H groups in total. The molecule has 1 atom stereocenters. The molecular weight excluding hydrogens is 298 g/mol. The molecule has 0 bridgehead atoms. The SMILES string of the molecule is Cc1cc(C(O)Cc2sccc2Br)cc(C)n1.